The molecule has 1 unspecified atom stereocenters. The van der Waals surface area contributed by atoms with Crippen LogP contribution < -0.4 is 5.69 Å². The van der Waals surface area contributed by atoms with Crippen LogP contribution in [0.2, 0.25) is 0 Å². The molecular weight excluding hydrogens is 230 g/mol. The van der Waals surface area contributed by atoms with E-state index >= 15 is 0 Å². The zero-order chi connectivity index (χ0) is 12.5. The molecule has 2 heterocycles. The van der Waals surface area contributed by atoms with Crippen LogP contribution in [0.4, 0.5) is 0 Å². The van der Waals surface area contributed by atoms with Crippen LogP contribution in [0.5, 0.6) is 0 Å². The van der Waals surface area contributed by atoms with E-state index in [9.17, 15) is 9.90 Å². The summed E-state index contributed by atoms with van der Waals surface area (Å²) < 4.78 is 2.87. The summed E-state index contributed by atoms with van der Waals surface area (Å²) in [7, 11) is 0. The van der Waals surface area contributed by atoms with Crippen LogP contribution >= 0.6 is 0 Å². The van der Waals surface area contributed by atoms with Crippen molar-refractivity contribution in [2.24, 2.45) is 5.92 Å². The molecule has 2 aromatic rings. The molecular formula is C13H17N3O2. The molecule has 1 fully saturated rings. The van der Waals surface area contributed by atoms with Crippen molar-refractivity contribution in [3.8, 4) is 0 Å². The molecule has 5 heteroatoms. The maximum absolute atomic E-state index is 12.0. The fraction of sp³-hybridized carbons (Fsp3) is 0.538. The van der Waals surface area contributed by atoms with E-state index in [1.807, 2.05) is 6.07 Å². The van der Waals surface area contributed by atoms with E-state index in [0.29, 0.717) is 18.1 Å². The lowest BCUT2D eigenvalue weighted by Gasteiger charge is -2.16. The molecule has 1 aliphatic rings. The van der Waals surface area contributed by atoms with Crippen molar-refractivity contribution < 1.29 is 5.11 Å². The van der Waals surface area contributed by atoms with Crippen LogP contribution in [-0.4, -0.2) is 25.4 Å². The third-order valence-electron chi connectivity index (χ3n) is 3.79. The average molecular weight is 247 g/mol. The Morgan fingerprint density at radius 3 is 2.89 bits per heavy atom. The largest absolute Gasteiger partial charge is 0.391 e. The Hall–Kier alpha value is -1.62. The number of hydrogen-bond acceptors (Lipinski definition) is 3. The highest BCUT2D eigenvalue weighted by Gasteiger charge is 2.24. The van der Waals surface area contributed by atoms with Crippen molar-refractivity contribution in [3.63, 3.8) is 0 Å². The van der Waals surface area contributed by atoms with E-state index < -0.39 is 6.10 Å². The SMILES string of the molecule is O=c1n(CC(O)C2CCCC2)nc2ccccn12. The van der Waals surface area contributed by atoms with Crippen molar-refractivity contribution in [3.05, 3.63) is 34.9 Å². The minimum Gasteiger partial charge on any atom is -0.391 e. The molecule has 96 valence electrons. The van der Waals surface area contributed by atoms with Gasteiger partial charge in [0.2, 0.25) is 0 Å². The highest BCUT2D eigenvalue weighted by Crippen LogP contribution is 2.28. The van der Waals surface area contributed by atoms with Gasteiger partial charge in [-0.2, -0.15) is 0 Å². The lowest BCUT2D eigenvalue weighted by Crippen LogP contribution is -2.30. The van der Waals surface area contributed by atoms with Gasteiger partial charge in [-0.3, -0.25) is 4.40 Å². The Kier molecular flexibility index (Phi) is 2.91. The third kappa shape index (κ3) is 1.95. The van der Waals surface area contributed by atoms with E-state index in [1.54, 1.807) is 18.3 Å². The average Bonchev–Trinajstić information content (AvgIpc) is 3.00. The lowest BCUT2D eigenvalue weighted by molar-refractivity contribution is 0.0883. The Bertz CT molecular complexity index is 596. The molecule has 5 nitrogen and oxygen atoms in total. The number of nitrogens with zero attached hydrogens (tertiary/aromatic N) is 3. The minimum absolute atomic E-state index is 0.178. The van der Waals surface area contributed by atoms with Crippen molar-refractivity contribution in [2.45, 2.75) is 38.3 Å². The van der Waals surface area contributed by atoms with Crippen LogP contribution in [0.25, 0.3) is 5.65 Å². The monoisotopic (exact) mass is 247 g/mol. The van der Waals surface area contributed by atoms with E-state index in [2.05, 4.69) is 5.10 Å². The highest BCUT2D eigenvalue weighted by molar-refractivity contribution is 5.35. The molecule has 2 aromatic heterocycles. The van der Waals surface area contributed by atoms with Crippen molar-refractivity contribution in [2.75, 3.05) is 0 Å². The van der Waals surface area contributed by atoms with E-state index in [-0.39, 0.29) is 5.69 Å². The normalized spacial score (nSPS) is 18.5. The summed E-state index contributed by atoms with van der Waals surface area (Å²) in [6.07, 6.45) is 5.72. The van der Waals surface area contributed by atoms with Crippen LogP contribution in [0.15, 0.2) is 29.2 Å². The molecule has 1 aliphatic carbocycles. The minimum atomic E-state index is -0.463. The molecule has 3 rings (SSSR count). The van der Waals surface area contributed by atoms with Gasteiger partial charge in [-0.25, -0.2) is 9.48 Å². The second-order valence-corrected chi connectivity index (χ2v) is 5.01. The number of rotatable bonds is 3. The van der Waals surface area contributed by atoms with Gasteiger partial charge in [0, 0.05) is 6.20 Å². The smallest absolute Gasteiger partial charge is 0.350 e. The van der Waals surface area contributed by atoms with E-state index in [0.717, 1.165) is 12.8 Å². The maximum Gasteiger partial charge on any atom is 0.350 e. The van der Waals surface area contributed by atoms with Crippen molar-refractivity contribution >= 4 is 5.65 Å². The summed E-state index contributed by atoms with van der Waals surface area (Å²) in [6, 6.07) is 5.44. The molecule has 0 aliphatic heterocycles. The molecule has 1 saturated carbocycles. The summed E-state index contributed by atoms with van der Waals surface area (Å²) in [5.74, 6) is 0.321. The quantitative estimate of drug-likeness (QED) is 0.881. The number of pyridine rings is 1. The molecule has 0 radical (unpaired) electrons. The molecule has 0 spiro atoms. The summed E-state index contributed by atoms with van der Waals surface area (Å²) in [6.45, 7) is 0.297. The van der Waals surface area contributed by atoms with Gasteiger partial charge < -0.3 is 5.11 Å². The maximum atomic E-state index is 12.0. The van der Waals surface area contributed by atoms with Gasteiger partial charge in [0.15, 0.2) is 5.65 Å². The molecule has 0 bridgehead atoms. The Morgan fingerprint density at radius 2 is 2.17 bits per heavy atom. The van der Waals surface area contributed by atoms with Crippen LogP contribution in [-0.2, 0) is 6.54 Å². The molecule has 0 amide bonds. The summed E-state index contributed by atoms with van der Waals surface area (Å²) in [4.78, 5) is 12.0. The fourth-order valence-electron chi connectivity index (χ4n) is 2.76. The van der Waals surface area contributed by atoms with Gasteiger partial charge in [0.25, 0.3) is 0 Å². The molecule has 0 saturated heterocycles. The predicted molar refractivity (Wildman–Crippen MR) is 67.4 cm³/mol. The molecule has 1 N–H and O–H groups in total. The van der Waals surface area contributed by atoms with Gasteiger partial charge in [0.05, 0.1) is 12.6 Å². The molecule has 0 aromatic carbocycles. The summed E-state index contributed by atoms with van der Waals surface area (Å²) in [5, 5.41) is 14.4. The fourth-order valence-corrected chi connectivity index (χ4v) is 2.76. The van der Waals surface area contributed by atoms with Crippen molar-refractivity contribution in [1.29, 1.82) is 0 Å². The second-order valence-electron chi connectivity index (χ2n) is 5.01. The number of hydrogen-bond donors (Lipinski definition) is 1. The van der Waals surface area contributed by atoms with Crippen LogP contribution in [0.1, 0.15) is 25.7 Å². The first-order valence-electron chi connectivity index (χ1n) is 6.48. The van der Waals surface area contributed by atoms with Gasteiger partial charge in [-0.1, -0.05) is 18.9 Å². The topological polar surface area (TPSA) is 59.5 Å². The zero-order valence-corrected chi connectivity index (χ0v) is 10.2. The number of aromatic nitrogens is 3. The van der Waals surface area contributed by atoms with Gasteiger partial charge in [0.1, 0.15) is 0 Å². The van der Waals surface area contributed by atoms with E-state index in [1.165, 1.54) is 21.9 Å². The zero-order valence-electron chi connectivity index (χ0n) is 10.2. The molecule has 18 heavy (non-hydrogen) atoms. The van der Waals surface area contributed by atoms with Gasteiger partial charge in [-0.05, 0) is 30.9 Å². The summed E-state index contributed by atoms with van der Waals surface area (Å²) in [5.41, 5.74) is 0.448. The Balaban J connectivity index is 1.86. The molecule has 1 atom stereocenters. The number of aliphatic hydroxyl groups is 1. The first-order chi connectivity index (χ1) is 8.75. The Morgan fingerprint density at radius 1 is 1.39 bits per heavy atom. The first kappa shape index (κ1) is 11.5. The lowest BCUT2D eigenvalue weighted by atomic mass is 10.0. The van der Waals surface area contributed by atoms with Crippen LogP contribution in [0, 0.1) is 5.92 Å². The number of aliphatic hydroxyl groups excluding tert-OH is 1. The Labute approximate surface area is 105 Å². The van der Waals surface area contributed by atoms with Gasteiger partial charge in [-0.15, -0.1) is 5.10 Å². The highest BCUT2D eigenvalue weighted by atomic mass is 16.3. The standard InChI is InChI=1S/C13H17N3O2/c17-11(10-5-1-2-6-10)9-16-13(18)15-8-4-3-7-12(15)14-16/h3-4,7-8,10-11,17H,1-2,5-6,9H2. The number of fused-ring (bicyclic) bond motifs is 1. The van der Waals surface area contributed by atoms with Crippen LogP contribution in [0.3, 0.4) is 0 Å². The first-order valence-corrected chi connectivity index (χ1v) is 6.48. The second kappa shape index (κ2) is 4.57. The van der Waals surface area contributed by atoms with E-state index in [4.69, 9.17) is 0 Å². The third-order valence-corrected chi connectivity index (χ3v) is 3.79. The predicted octanol–water partition coefficient (Wildman–Crippen LogP) is 1.05. The van der Waals surface area contributed by atoms with Crippen molar-refractivity contribution in [1.82, 2.24) is 14.2 Å². The summed E-state index contributed by atoms with van der Waals surface area (Å²) >= 11 is 0. The van der Waals surface area contributed by atoms with Gasteiger partial charge >= 0.3 is 5.69 Å².